The number of carbonyl (C=O) groups excluding carboxylic acids is 3. The van der Waals surface area contributed by atoms with Gasteiger partial charge in [0.15, 0.2) is 21.9 Å². The fraction of sp³-hybridized carbons (Fsp3) is 0.500. The summed E-state index contributed by atoms with van der Waals surface area (Å²) in [6.45, 7) is 0.406. The number of nitriles is 1. The van der Waals surface area contributed by atoms with E-state index in [4.69, 9.17) is 20.5 Å². The molecule has 2 fully saturated rings. The Morgan fingerprint density at radius 2 is 1.87 bits per heavy atom. The van der Waals surface area contributed by atoms with E-state index in [0.29, 0.717) is 0 Å². The molecule has 1 heterocycles. The number of sulfone groups is 1. The summed E-state index contributed by atoms with van der Waals surface area (Å²) in [5.74, 6) is -4.17. The van der Waals surface area contributed by atoms with Gasteiger partial charge >= 0.3 is 5.97 Å². The van der Waals surface area contributed by atoms with E-state index in [2.05, 4.69) is 0 Å². The topological polar surface area (TPSA) is 157 Å². The molecule has 1 saturated carbocycles. The molecule has 3 rings (SSSR count). The van der Waals surface area contributed by atoms with Crippen LogP contribution in [0.3, 0.4) is 0 Å². The Kier molecular flexibility index (Phi) is 6.62. The van der Waals surface area contributed by atoms with Gasteiger partial charge in [0.05, 0.1) is 29.3 Å². The molecule has 1 aromatic carbocycles. The molecule has 1 aliphatic carbocycles. The summed E-state index contributed by atoms with van der Waals surface area (Å²) in [7, 11) is -3.97. The number of rotatable bonds is 6. The Morgan fingerprint density at radius 1 is 1.23 bits per heavy atom. The Hall–Kier alpha value is -2.97. The lowest BCUT2D eigenvalue weighted by Gasteiger charge is -2.34. The average Bonchev–Trinajstić information content (AvgIpc) is 3.21. The summed E-state index contributed by atoms with van der Waals surface area (Å²) in [4.78, 5) is 40.2. The first-order valence-corrected chi connectivity index (χ1v) is 11.3. The number of esters is 1. The van der Waals surface area contributed by atoms with Crippen LogP contribution in [0.1, 0.15) is 12.8 Å². The van der Waals surface area contributed by atoms with Gasteiger partial charge in [0.2, 0.25) is 11.8 Å². The Labute approximate surface area is 179 Å². The fourth-order valence-corrected chi connectivity index (χ4v) is 6.08. The Bertz CT molecular complexity index is 999. The summed E-state index contributed by atoms with van der Waals surface area (Å²) in [6, 6.07) is 9.22. The van der Waals surface area contributed by atoms with E-state index in [9.17, 15) is 22.8 Å². The fourth-order valence-electron chi connectivity index (χ4n) is 4.23. The summed E-state index contributed by atoms with van der Waals surface area (Å²) < 4.78 is 36.6. The van der Waals surface area contributed by atoms with E-state index >= 15 is 0 Å². The number of nitrogens with zero attached hydrogens (tertiary/aromatic N) is 2. The average molecular weight is 449 g/mol. The van der Waals surface area contributed by atoms with Crippen molar-refractivity contribution < 1.29 is 32.3 Å². The van der Waals surface area contributed by atoms with Crippen LogP contribution in [0, 0.1) is 22.7 Å². The molecular weight excluding hydrogens is 426 g/mol. The molecule has 1 aromatic rings. The van der Waals surface area contributed by atoms with Gasteiger partial charge in [-0.1, -0.05) is 18.2 Å². The highest BCUT2D eigenvalue weighted by atomic mass is 32.2. The van der Waals surface area contributed by atoms with Crippen molar-refractivity contribution in [1.29, 1.82) is 5.26 Å². The minimum absolute atomic E-state index is 0.0169. The number of hydrogen-bond donors (Lipinski definition) is 1. The van der Waals surface area contributed by atoms with Crippen LogP contribution in [0.15, 0.2) is 35.2 Å². The van der Waals surface area contributed by atoms with Crippen molar-refractivity contribution in [2.24, 2.45) is 17.1 Å². The number of primary amides is 1. The van der Waals surface area contributed by atoms with Crippen LogP contribution in [-0.2, 0) is 33.7 Å². The molecule has 0 spiro atoms. The van der Waals surface area contributed by atoms with E-state index in [1.54, 1.807) is 24.3 Å². The molecule has 2 N–H and O–H groups in total. The third kappa shape index (κ3) is 4.13. The lowest BCUT2D eigenvalue weighted by atomic mass is 9.76. The number of hydrogen-bond acceptors (Lipinski definition) is 8. The van der Waals surface area contributed by atoms with E-state index in [-0.39, 0.29) is 37.6 Å². The quantitative estimate of drug-likeness (QED) is 0.455. The summed E-state index contributed by atoms with van der Waals surface area (Å²) >= 11 is 0. The minimum atomic E-state index is -3.97. The van der Waals surface area contributed by atoms with Crippen molar-refractivity contribution in [1.82, 2.24) is 4.90 Å². The van der Waals surface area contributed by atoms with Crippen LogP contribution >= 0.6 is 0 Å². The summed E-state index contributed by atoms with van der Waals surface area (Å²) in [5, 5.41) is 7.56. The molecule has 0 unspecified atom stereocenters. The Balaban J connectivity index is 2.04. The highest BCUT2D eigenvalue weighted by molar-refractivity contribution is 7.92. The van der Waals surface area contributed by atoms with Crippen molar-refractivity contribution >= 4 is 27.6 Å². The zero-order valence-electron chi connectivity index (χ0n) is 16.7. The van der Waals surface area contributed by atoms with Crippen LogP contribution in [0.5, 0.6) is 0 Å². The third-order valence-electron chi connectivity index (χ3n) is 5.85. The maximum Gasteiger partial charge on any atom is 0.323 e. The highest BCUT2D eigenvalue weighted by Crippen LogP contribution is 2.49. The second-order valence-corrected chi connectivity index (χ2v) is 9.71. The minimum Gasteiger partial charge on any atom is -0.449 e. The molecule has 166 valence electrons. The van der Waals surface area contributed by atoms with E-state index in [1.165, 1.54) is 17.0 Å². The highest BCUT2D eigenvalue weighted by Gasteiger charge is 2.63. The monoisotopic (exact) mass is 449 g/mol. The molecule has 3 atom stereocenters. The predicted octanol–water partition coefficient (Wildman–Crippen LogP) is -0.364. The normalized spacial score (nSPS) is 26.1. The molecule has 31 heavy (non-hydrogen) atoms. The second kappa shape index (κ2) is 9.03. The molecule has 2 aliphatic rings. The first-order chi connectivity index (χ1) is 14.7. The number of carbonyl (C=O) groups is 3. The SMILES string of the molecule is N#CCOC(=O)[C@]1(C(N)=O)C[C@H](S(=O)(=O)c2ccccc2)C[C@H]1C(=O)N1CCOCC1. The molecule has 0 bridgehead atoms. The lowest BCUT2D eigenvalue weighted by molar-refractivity contribution is -0.167. The number of benzene rings is 1. The van der Waals surface area contributed by atoms with Gasteiger partial charge in [0.25, 0.3) is 0 Å². The smallest absolute Gasteiger partial charge is 0.323 e. The van der Waals surface area contributed by atoms with Crippen LogP contribution in [0.25, 0.3) is 0 Å². The lowest BCUT2D eigenvalue weighted by Crippen LogP contribution is -2.54. The molecule has 1 saturated heterocycles. The number of amides is 2. The van der Waals surface area contributed by atoms with Crippen LogP contribution in [0.4, 0.5) is 0 Å². The van der Waals surface area contributed by atoms with Crippen LogP contribution < -0.4 is 5.73 Å². The zero-order chi connectivity index (χ0) is 22.6. The van der Waals surface area contributed by atoms with Gasteiger partial charge in [-0.15, -0.1) is 0 Å². The van der Waals surface area contributed by atoms with Gasteiger partial charge in [0, 0.05) is 13.1 Å². The van der Waals surface area contributed by atoms with Crippen molar-refractivity contribution in [3.63, 3.8) is 0 Å². The van der Waals surface area contributed by atoms with Crippen LogP contribution in [-0.4, -0.2) is 69.3 Å². The third-order valence-corrected chi connectivity index (χ3v) is 8.01. The van der Waals surface area contributed by atoms with Gasteiger partial charge < -0.3 is 20.1 Å². The van der Waals surface area contributed by atoms with E-state index in [1.807, 2.05) is 0 Å². The van der Waals surface area contributed by atoms with Crippen LogP contribution in [0.2, 0.25) is 0 Å². The van der Waals surface area contributed by atoms with Gasteiger partial charge in [0.1, 0.15) is 6.07 Å². The number of ether oxygens (including phenoxy) is 2. The predicted molar refractivity (Wildman–Crippen MR) is 106 cm³/mol. The van der Waals surface area contributed by atoms with Gasteiger partial charge in [-0.05, 0) is 25.0 Å². The van der Waals surface area contributed by atoms with Crippen molar-refractivity contribution in [2.75, 3.05) is 32.9 Å². The van der Waals surface area contributed by atoms with Gasteiger partial charge in [-0.25, -0.2) is 8.42 Å². The maximum absolute atomic E-state index is 13.3. The molecule has 0 aromatic heterocycles. The zero-order valence-corrected chi connectivity index (χ0v) is 17.5. The molecule has 10 nitrogen and oxygen atoms in total. The number of nitrogens with two attached hydrogens (primary N) is 1. The summed E-state index contributed by atoms with van der Waals surface area (Å²) in [5.41, 5.74) is 3.41. The molecule has 11 heteroatoms. The standard InChI is InChI=1S/C20H23N3O7S/c21-6-9-30-19(26)20(18(22)25)13-15(31(27,28)14-4-2-1-3-5-14)12-16(20)17(24)23-7-10-29-11-8-23/h1-5,15-16H,7-13H2,(H2,22,25)/t15-,16+,20-/m1/s1. The van der Waals surface area contributed by atoms with Crippen molar-refractivity contribution in [3.05, 3.63) is 30.3 Å². The summed E-state index contributed by atoms with van der Waals surface area (Å²) in [6.07, 6.45) is -0.761. The van der Waals surface area contributed by atoms with Gasteiger partial charge in [-0.3, -0.25) is 14.4 Å². The van der Waals surface area contributed by atoms with E-state index in [0.717, 1.165) is 0 Å². The molecule has 0 radical (unpaired) electrons. The number of morpholine rings is 1. The Morgan fingerprint density at radius 3 is 2.45 bits per heavy atom. The van der Waals surface area contributed by atoms with Crippen molar-refractivity contribution in [3.8, 4) is 6.07 Å². The first kappa shape index (κ1) is 22.7. The largest absolute Gasteiger partial charge is 0.449 e. The second-order valence-electron chi connectivity index (χ2n) is 7.48. The molecular formula is C20H23N3O7S. The first-order valence-electron chi connectivity index (χ1n) is 9.74. The molecule has 1 aliphatic heterocycles. The van der Waals surface area contributed by atoms with Crippen molar-refractivity contribution in [2.45, 2.75) is 23.0 Å². The van der Waals surface area contributed by atoms with E-state index < -0.39 is 57.2 Å². The molecule has 2 amide bonds. The maximum atomic E-state index is 13.3. The van der Waals surface area contributed by atoms with Gasteiger partial charge in [-0.2, -0.15) is 5.26 Å².